The predicted octanol–water partition coefficient (Wildman–Crippen LogP) is 2.03. The van der Waals surface area contributed by atoms with E-state index in [0.29, 0.717) is 0 Å². The monoisotopic (exact) mass is 210 g/mol. The first-order valence-electron chi connectivity index (χ1n) is 2.04. The summed E-state index contributed by atoms with van der Waals surface area (Å²) >= 11 is 8.22. The highest BCUT2D eigenvalue weighted by Crippen LogP contribution is 2.20. The van der Waals surface area contributed by atoms with Gasteiger partial charge in [0.2, 0.25) is 0 Å². The minimum atomic E-state index is -0.505. The lowest BCUT2D eigenvalue weighted by Crippen LogP contribution is -1.85. The van der Waals surface area contributed by atoms with Gasteiger partial charge in [-0.05, 0) is 15.9 Å². The summed E-state index contributed by atoms with van der Waals surface area (Å²) in [6.07, 6.45) is 0.982. The summed E-state index contributed by atoms with van der Waals surface area (Å²) in [5, 5.41) is 6.66. The van der Waals surface area contributed by atoms with Crippen LogP contribution in [0.3, 0.4) is 0 Å². The van der Waals surface area contributed by atoms with Gasteiger partial charge < -0.3 is 0 Å². The number of aromatic nitrogens is 2. The maximum atomic E-state index is 12.3. The van der Waals surface area contributed by atoms with E-state index in [4.69, 9.17) is 11.6 Å². The molecule has 0 atom stereocenters. The van der Waals surface area contributed by atoms with Gasteiger partial charge in [0.1, 0.15) is 0 Å². The molecule has 48 valence electrons. The van der Waals surface area contributed by atoms with Crippen LogP contribution in [-0.4, -0.2) is 10.2 Å². The zero-order chi connectivity index (χ0) is 6.85. The highest BCUT2D eigenvalue weighted by atomic mass is 79.9. The molecule has 0 amide bonds. The van der Waals surface area contributed by atoms with E-state index in [2.05, 4.69) is 26.1 Å². The van der Waals surface area contributed by atoms with E-state index in [0.717, 1.165) is 6.20 Å². The van der Waals surface area contributed by atoms with Crippen molar-refractivity contribution >= 4 is 27.5 Å². The van der Waals surface area contributed by atoms with Crippen LogP contribution < -0.4 is 0 Å². The topological polar surface area (TPSA) is 25.8 Å². The Labute approximate surface area is 64.2 Å². The Hall–Kier alpha value is -0.220. The first-order chi connectivity index (χ1) is 4.22. The summed E-state index contributed by atoms with van der Waals surface area (Å²) in [7, 11) is 0. The van der Waals surface area contributed by atoms with Gasteiger partial charge in [-0.2, -0.15) is 5.10 Å². The van der Waals surface area contributed by atoms with Gasteiger partial charge in [0.25, 0.3) is 0 Å². The molecular formula is C4HBrClFN2. The van der Waals surface area contributed by atoms with Crippen LogP contribution in [0.15, 0.2) is 10.7 Å². The fourth-order valence-corrected chi connectivity index (χ4v) is 0.645. The summed E-state index contributed by atoms with van der Waals surface area (Å²) in [5.74, 6) is -0.505. The fourth-order valence-electron chi connectivity index (χ4n) is 0.329. The third kappa shape index (κ3) is 1.37. The molecule has 2 nitrogen and oxygen atoms in total. The molecule has 0 spiro atoms. The number of rotatable bonds is 0. The molecule has 5 heteroatoms. The van der Waals surface area contributed by atoms with Crippen molar-refractivity contribution < 1.29 is 4.39 Å². The van der Waals surface area contributed by atoms with Crippen molar-refractivity contribution in [2.24, 2.45) is 0 Å². The SMILES string of the molecule is Fc1cnnc(Cl)c1Br. The molecule has 0 aromatic carbocycles. The van der Waals surface area contributed by atoms with Gasteiger partial charge >= 0.3 is 0 Å². The van der Waals surface area contributed by atoms with Crippen molar-refractivity contribution in [1.29, 1.82) is 0 Å². The van der Waals surface area contributed by atoms with E-state index >= 15 is 0 Å². The number of hydrogen-bond acceptors (Lipinski definition) is 2. The Morgan fingerprint density at radius 1 is 1.67 bits per heavy atom. The van der Waals surface area contributed by atoms with Crippen molar-refractivity contribution in [1.82, 2.24) is 10.2 Å². The molecule has 0 aliphatic rings. The van der Waals surface area contributed by atoms with E-state index in [-0.39, 0.29) is 9.63 Å². The molecule has 0 radical (unpaired) electrons. The standard InChI is InChI=1S/C4HBrClFN2/c5-3-2(7)1-8-9-4(3)6/h1H. The zero-order valence-corrected chi connectivity index (χ0v) is 6.45. The van der Waals surface area contributed by atoms with Crippen LogP contribution in [0.25, 0.3) is 0 Å². The van der Waals surface area contributed by atoms with E-state index in [1.807, 2.05) is 0 Å². The first-order valence-corrected chi connectivity index (χ1v) is 3.21. The van der Waals surface area contributed by atoms with Crippen LogP contribution in [-0.2, 0) is 0 Å². The lowest BCUT2D eigenvalue weighted by molar-refractivity contribution is 0.607. The van der Waals surface area contributed by atoms with Crippen LogP contribution in [0.5, 0.6) is 0 Å². The zero-order valence-electron chi connectivity index (χ0n) is 4.11. The van der Waals surface area contributed by atoms with Crippen LogP contribution >= 0.6 is 27.5 Å². The molecule has 1 rings (SSSR count). The van der Waals surface area contributed by atoms with Crippen molar-refractivity contribution in [3.63, 3.8) is 0 Å². The molecule has 0 fully saturated rings. The average molecular weight is 211 g/mol. The Morgan fingerprint density at radius 3 is 2.78 bits per heavy atom. The van der Waals surface area contributed by atoms with Crippen molar-refractivity contribution in [2.75, 3.05) is 0 Å². The molecule has 0 aliphatic heterocycles. The van der Waals surface area contributed by atoms with Crippen molar-refractivity contribution in [3.05, 3.63) is 21.6 Å². The third-order valence-corrected chi connectivity index (χ3v) is 1.95. The lowest BCUT2D eigenvalue weighted by Gasteiger charge is -1.91. The summed E-state index contributed by atoms with van der Waals surface area (Å²) < 4.78 is 12.5. The van der Waals surface area contributed by atoms with Gasteiger partial charge in [-0.1, -0.05) is 11.6 Å². The quantitative estimate of drug-likeness (QED) is 0.656. The number of nitrogens with zero attached hydrogens (tertiary/aromatic N) is 2. The normalized spacial score (nSPS) is 9.67. The molecular weight excluding hydrogens is 210 g/mol. The predicted molar refractivity (Wildman–Crippen MR) is 34.7 cm³/mol. The minimum absolute atomic E-state index is 0.0370. The van der Waals surface area contributed by atoms with Gasteiger partial charge in [-0.15, -0.1) is 5.10 Å². The molecule has 1 aromatic rings. The second-order valence-corrected chi connectivity index (χ2v) is 2.45. The number of hydrogen-bond donors (Lipinski definition) is 0. The van der Waals surface area contributed by atoms with Crippen LogP contribution in [0.1, 0.15) is 0 Å². The minimum Gasteiger partial charge on any atom is -0.204 e. The van der Waals surface area contributed by atoms with Crippen molar-refractivity contribution in [2.45, 2.75) is 0 Å². The first kappa shape index (κ1) is 6.89. The highest BCUT2D eigenvalue weighted by Gasteiger charge is 2.03. The second-order valence-electron chi connectivity index (χ2n) is 1.30. The van der Waals surface area contributed by atoms with Crippen LogP contribution in [0.4, 0.5) is 4.39 Å². The van der Waals surface area contributed by atoms with E-state index < -0.39 is 5.82 Å². The molecule has 0 N–H and O–H groups in total. The van der Waals surface area contributed by atoms with E-state index in [9.17, 15) is 4.39 Å². The molecule has 0 unspecified atom stereocenters. The Kier molecular flexibility index (Phi) is 1.97. The Morgan fingerprint density at radius 2 is 2.33 bits per heavy atom. The summed E-state index contributed by atoms with van der Waals surface area (Å²) in [5.41, 5.74) is 0. The summed E-state index contributed by atoms with van der Waals surface area (Å²) in [6.45, 7) is 0. The molecule has 9 heavy (non-hydrogen) atoms. The highest BCUT2D eigenvalue weighted by molar-refractivity contribution is 9.10. The van der Waals surface area contributed by atoms with Crippen LogP contribution in [0.2, 0.25) is 5.15 Å². The molecule has 1 heterocycles. The second kappa shape index (κ2) is 2.58. The molecule has 0 saturated heterocycles. The molecule has 0 saturated carbocycles. The maximum Gasteiger partial charge on any atom is 0.168 e. The fraction of sp³-hybridized carbons (Fsp3) is 0. The van der Waals surface area contributed by atoms with E-state index in [1.54, 1.807) is 0 Å². The molecule has 0 bridgehead atoms. The van der Waals surface area contributed by atoms with Gasteiger partial charge in [0.05, 0.1) is 10.7 Å². The van der Waals surface area contributed by atoms with Crippen molar-refractivity contribution in [3.8, 4) is 0 Å². The smallest absolute Gasteiger partial charge is 0.168 e. The summed E-state index contributed by atoms with van der Waals surface area (Å²) in [6, 6.07) is 0. The average Bonchev–Trinajstić information content (AvgIpc) is 1.83. The third-order valence-electron chi connectivity index (χ3n) is 0.707. The molecule has 0 aliphatic carbocycles. The Bertz CT molecular complexity index is 210. The lowest BCUT2D eigenvalue weighted by atomic mass is 10.6. The largest absolute Gasteiger partial charge is 0.204 e. The van der Waals surface area contributed by atoms with Gasteiger partial charge in [0.15, 0.2) is 11.0 Å². The number of halogens is 3. The molecule has 1 aromatic heterocycles. The Balaban J connectivity index is 3.25. The van der Waals surface area contributed by atoms with E-state index in [1.165, 1.54) is 0 Å². The summed E-state index contributed by atoms with van der Waals surface area (Å²) in [4.78, 5) is 0. The van der Waals surface area contributed by atoms with Gasteiger partial charge in [0, 0.05) is 0 Å². The van der Waals surface area contributed by atoms with Gasteiger partial charge in [-0.3, -0.25) is 0 Å². The van der Waals surface area contributed by atoms with Gasteiger partial charge in [-0.25, -0.2) is 4.39 Å². The van der Waals surface area contributed by atoms with Crippen LogP contribution in [0, 0.1) is 5.82 Å². The maximum absolute atomic E-state index is 12.3.